The maximum absolute atomic E-state index is 14.2. The molecule has 7 aliphatic rings. The van der Waals surface area contributed by atoms with Crippen molar-refractivity contribution in [1.29, 1.82) is 0 Å². The predicted molar refractivity (Wildman–Crippen MR) is 117 cm³/mol. The van der Waals surface area contributed by atoms with Crippen molar-refractivity contribution in [3.8, 4) is 0 Å². The molecule has 0 aromatic rings. The number of ketones is 2. The van der Waals surface area contributed by atoms with Crippen LogP contribution >= 0.6 is 0 Å². The summed E-state index contributed by atoms with van der Waals surface area (Å²) in [5.41, 5.74) is 0. The first-order valence-corrected chi connectivity index (χ1v) is 13.8. The van der Waals surface area contributed by atoms with Gasteiger partial charge in [-0.15, -0.1) is 0 Å². The molecule has 12 unspecified atom stereocenters. The minimum Gasteiger partial charge on any atom is -0.299 e. The zero-order valence-electron chi connectivity index (χ0n) is 18.6. The number of fused-ring (bicyclic) bond motifs is 11. The second kappa shape index (κ2) is 6.92. The van der Waals surface area contributed by atoms with E-state index in [9.17, 15) is 9.59 Å². The maximum atomic E-state index is 14.2. The minimum atomic E-state index is 0.138. The predicted octanol–water partition coefficient (Wildman–Crippen LogP) is 6.08. The molecule has 164 valence electrons. The zero-order valence-corrected chi connectivity index (χ0v) is 18.6. The van der Waals surface area contributed by atoms with Crippen LogP contribution in [-0.4, -0.2) is 11.6 Å². The Bertz CT molecular complexity index is 741. The molecule has 0 saturated heterocycles. The second-order valence-electron chi connectivity index (χ2n) is 12.7. The summed E-state index contributed by atoms with van der Waals surface area (Å²) in [6.45, 7) is 0. The third-order valence-electron chi connectivity index (χ3n) is 12.1. The fraction of sp³-hybridized carbons (Fsp3) is 0.929. The number of hydrogen-bond acceptors (Lipinski definition) is 2. The number of carbonyl (C=O) groups excluding carboxylic acids is 2. The molecule has 0 radical (unpaired) electrons. The van der Waals surface area contributed by atoms with E-state index in [2.05, 4.69) is 0 Å². The van der Waals surface area contributed by atoms with Gasteiger partial charge in [-0.3, -0.25) is 9.59 Å². The molecule has 0 aliphatic heterocycles. The van der Waals surface area contributed by atoms with Gasteiger partial charge in [0.1, 0.15) is 11.6 Å². The molecule has 2 nitrogen and oxygen atoms in total. The smallest absolute Gasteiger partial charge is 0.140 e. The first-order valence-electron chi connectivity index (χ1n) is 13.8. The van der Waals surface area contributed by atoms with Crippen molar-refractivity contribution in [2.45, 2.75) is 89.9 Å². The van der Waals surface area contributed by atoms with Gasteiger partial charge in [0.2, 0.25) is 0 Å². The highest BCUT2D eigenvalue weighted by atomic mass is 16.1. The van der Waals surface area contributed by atoms with Crippen molar-refractivity contribution < 1.29 is 9.59 Å². The average molecular weight is 409 g/mol. The normalized spacial score (nSPS) is 56.9. The molecule has 0 aromatic carbocycles. The van der Waals surface area contributed by atoms with Crippen LogP contribution in [0.5, 0.6) is 0 Å². The number of Topliss-reactive ketones (excluding diaryl/α,β-unsaturated/α-hetero) is 2. The van der Waals surface area contributed by atoms with E-state index in [1.807, 2.05) is 0 Å². The Hall–Kier alpha value is -0.660. The summed E-state index contributed by atoms with van der Waals surface area (Å²) in [5.74, 6) is 7.81. The van der Waals surface area contributed by atoms with Crippen LogP contribution in [0.15, 0.2) is 0 Å². The van der Waals surface area contributed by atoms with Gasteiger partial charge in [-0.05, 0) is 105 Å². The third kappa shape index (κ3) is 2.43. The van der Waals surface area contributed by atoms with Gasteiger partial charge in [-0.2, -0.15) is 0 Å². The molecule has 2 heteroatoms. The molecule has 0 heterocycles. The highest BCUT2D eigenvalue weighted by molar-refractivity contribution is 5.96. The standard InChI is InChI=1S/C28H40O2/c29-27-22-8-4-3-7-18(22)19-13-14-21-20-12-11-16-10-9-15-5-1-2-6-17(15)23(16)24(20)28(30)26(21)25(19)27/h15-26H,1-14H2. The van der Waals surface area contributed by atoms with Crippen molar-refractivity contribution in [3.63, 3.8) is 0 Å². The van der Waals surface area contributed by atoms with Gasteiger partial charge in [0.25, 0.3) is 0 Å². The minimum absolute atomic E-state index is 0.138. The van der Waals surface area contributed by atoms with Crippen molar-refractivity contribution in [2.24, 2.45) is 71.0 Å². The fourth-order valence-corrected chi connectivity index (χ4v) is 11.2. The molecular formula is C28H40O2. The van der Waals surface area contributed by atoms with Crippen molar-refractivity contribution >= 4 is 11.6 Å². The molecule has 12 atom stereocenters. The highest BCUT2D eigenvalue weighted by Crippen LogP contribution is 2.65. The lowest BCUT2D eigenvalue weighted by Crippen LogP contribution is -2.46. The zero-order chi connectivity index (χ0) is 20.0. The van der Waals surface area contributed by atoms with Gasteiger partial charge < -0.3 is 0 Å². The Kier molecular flexibility index (Phi) is 4.35. The lowest BCUT2D eigenvalue weighted by Gasteiger charge is -2.52. The molecule has 30 heavy (non-hydrogen) atoms. The van der Waals surface area contributed by atoms with Crippen LogP contribution in [0.4, 0.5) is 0 Å². The quantitative estimate of drug-likeness (QED) is 0.487. The summed E-state index contributed by atoms with van der Waals surface area (Å²) >= 11 is 0. The van der Waals surface area contributed by atoms with Crippen LogP contribution in [0.25, 0.3) is 0 Å². The van der Waals surface area contributed by atoms with Gasteiger partial charge in [-0.25, -0.2) is 0 Å². The van der Waals surface area contributed by atoms with Crippen molar-refractivity contribution in [2.75, 3.05) is 0 Å². The van der Waals surface area contributed by atoms with E-state index in [4.69, 9.17) is 0 Å². The Morgan fingerprint density at radius 2 is 1.00 bits per heavy atom. The second-order valence-corrected chi connectivity index (χ2v) is 12.7. The van der Waals surface area contributed by atoms with E-state index in [0.717, 1.165) is 24.2 Å². The summed E-state index contributed by atoms with van der Waals surface area (Å²) in [6, 6.07) is 0. The number of carbonyl (C=O) groups is 2. The van der Waals surface area contributed by atoms with Gasteiger partial charge in [0.15, 0.2) is 0 Å². The molecule has 0 spiro atoms. The molecule has 0 N–H and O–H groups in total. The number of rotatable bonds is 0. The molecule has 7 rings (SSSR count). The van der Waals surface area contributed by atoms with Crippen molar-refractivity contribution in [3.05, 3.63) is 0 Å². The van der Waals surface area contributed by atoms with Gasteiger partial charge in [-0.1, -0.05) is 32.1 Å². The van der Waals surface area contributed by atoms with Crippen LogP contribution in [0.2, 0.25) is 0 Å². The average Bonchev–Trinajstić information content (AvgIpc) is 3.25. The molecule has 0 aromatic heterocycles. The Balaban J connectivity index is 1.23. The summed E-state index contributed by atoms with van der Waals surface area (Å²) < 4.78 is 0. The van der Waals surface area contributed by atoms with Crippen LogP contribution < -0.4 is 0 Å². The van der Waals surface area contributed by atoms with Crippen LogP contribution in [0.1, 0.15) is 89.9 Å². The maximum Gasteiger partial charge on any atom is 0.140 e. The molecule has 7 aliphatic carbocycles. The molecular weight excluding hydrogens is 368 g/mol. The summed E-state index contributed by atoms with van der Waals surface area (Å²) in [6.07, 6.45) is 18.7. The SMILES string of the molecule is O=C1C2CCCCC2C2CCC3C4CCC5CCC6CCCCC6C5C4C(=O)C3C12. The summed E-state index contributed by atoms with van der Waals surface area (Å²) in [7, 11) is 0. The third-order valence-corrected chi connectivity index (χ3v) is 12.1. The Labute approximate surface area is 182 Å². The van der Waals surface area contributed by atoms with E-state index in [1.165, 1.54) is 83.5 Å². The fourth-order valence-electron chi connectivity index (χ4n) is 11.2. The Morgan fingerprint density at radius 1 is 0.433 bits per heavy atom. The molecule has 0 bridgehead atoms. The lowest BCUT2D eigenvalue weighted by molar-refractivity contribution is -0.138. The topological polar surface area (TPSA) is 34.1 Å². The Morgan fingerprint density at radius 3 is 1.87 bits per heavy atom. The van der Waals surface area contributed by atoms with E-state index < -0.39 is 0 Å². The molecule has 7 saturated carbocycles. The lowest BCUT2D eigenvalue weighted by atomic mass is 9.52. The summed E-state index contributed by atoms with van der Waals surface area (Å²) in [5, 5.41) is 0. The monoisotopic (exact) mass is 408 g/mol. The number of hydrogen-bond donors (Lipinski definition) is 0. The van der Waals surface area contributed by atoms with Crippen LogP contribution in [0.3, 0.4) is 0 Å². The van der Waals surface area contributed by atoms with Gasteiger partial charge in [0.05, 0.1) is 0 Å². The van der Waals surface area contributed by atoms with Crippen LogP contribution in [-0.2, 0) is 9.59 Å². The van der Waals surface area contributed by atoms with E-state index >= 15 is 0 Å². The van der Waals surface area contributed by atoms with E-state index in [1.54, 1.807) is 0 Å². The van der Waals surface area contributed by atoms with E-state index in [-0.39, 0.29) is 11.8 Å². The van der Waals surface area contributed by atoms with Crippen molar-refractivity contribution in [1.82, 2.24) is 0 Å². The van der Waals surface area contributed by atoms with Gasteiger partial charge in [0, 0.05) is 23.7 Å². The molecule has 0 amide bonds. The summed E-state index contributed by atoms with van der Waals surface area (Å²) in [4.78, 5) is 27.9. The first-order chi connectivity index (χ1) is 14.7. The largest absolute Gasteiger partial charge is 0.299 e. The van der Waals surface area contributed by atoms with E-state index in [0.29, 0.717) is 53.0 Å². The van der Waals surface area contributed by atoms with Gasteiger partial charge >= 0.3 is 0 Å². The molecule has 7 fully saturated rings. The van der Waals surface area contributed by atoms with Crippen LogP contribution in [0, 0.1) is 71.0 Å². The first kappa shape index (κ1) is 18.9. The highest BCUT2D eigenvalue weighted by Gasteiger charge is 2.65.